The molecular weight excluding hydrogens is 403 g/mol. The van der Waals surface area contributed by atoms with E-state index in [1.165, 1.54) is 17.8 Å². The predicted octanol–water partition coefficient (Wildman–Crippen LogP) is 4.76. The first-order valence-electron chi connectivity index (χ1n) is 9.30. The maximum absolute atomic E-state index is 14.4. The molecule has 8 heteroatoms. The third-order valence-corrected chi connectivity index (χ3v) is 5.33. The van der Waals surface area contributed by atoms with Crippen molar-refractivity contribution in [3.63, 3.8) is 0 Å². The summed E-state index contributed by atoms with van der Waals surface area (Å²) in [4.78, 5) is 12.4. The van der Waals surface area contributed by atoms with Crippen molar-refractivity contribution in [2.24, 2.45) is 0 Å². The van der Waals surface area contributed by atoms with Crippen LogP contribution >= 0.6 is 11.8 Å². The maximum Gasteiger partial charge on any atom is 0.234 e. The van der Waals surface area contributed by atoms with Crippen molar-refractivity contribution in [2.45, 2.75) is 18.6 Å². The molecule has 0 aliphatic heterocycles. The first-order valence-corrected chi connectivity index (χ1v) is 10.3. The van der Waals surface area contributed by atoms with Crippen LogP contribution in [0.15, 0.2) is 76.5 Å². The van der Waals surface area contributed by atoms with Crippen LogP contribution in [0.2, 0.25) is 0 Å². The van der Waals surface area contributed by atoms with E-state index in [0.717, 1.165) is 11.3 Å². The summed E-state index contributed by atoms with van der Waals surface area (Å²) in [6.07, 6.45) is 1.57. The van der Waals surface area contributed by atoms with Crippen LogP contribution in [0.25, 0.3) is 11.4 Å². The van der Waals surface area contributed by atoms with Gasteiger partial charge in [0.05, 0.1) is 24.1 Å². The first-order chi connectivity index (χ1) is 14.6. The van der Waals surface area contributed by atoms with Gasteiger partial charge in [-0.25, -0.2) is 4.39 Å². The summed E-state index contributed by atoms with van der Waals surface area (Å²) >= 11 is 1.24. The number of aromatic nitrogens is 3. The molecule has 0 atom stereocenters. The number of hydrogen-bond acceptors (Lipinski definition) is 5. The van der Waals surface area contributed by atoms with Crippen LogP contribution in [0, 0.1) is 12.7 Å². The van der Waals surface area contributed by atoms with Gasteiger partial charge in [-0.05, 0) is 48.9 Å². The Bertz CT molecular complexity index is 1160. The third kappa shape index (κ3) is 4.60. The lowest BCUT2D eigenvalue weighted by Gasteiger charge is -2.10. The van der Waals surface area contributed by atoms with Gasteiger partial charge in [-0.2, -0.15) is 0 Å². The van der Waals surface area contributed by atoms with E-state index in [0.29, 0.717) is 28.8 Å². The average Bonchev–Trinajstić information content (AvgIpc) is 3.37. The van der Waals surface area contributed by atoms with Crippen LogP contribution in [0.1, 0.15) is 11.3 Å². The summed E-state index contributed by atoms with van der Waals surface area (Å²) in [5.74, 6) is 0.649. The van der Waals surface area contributed by atoms with E-state index in [-0.39, 0.29) is 17.5 Å². The van der Waals surface area contributed by atoms with Crippen molar-refractivity contribution in [3.8, 4) is 11.4 Å². The van der Waals surface area contributed by atoms with E-state index in [1.54, 1.807) is 35.1 Å². The van der Waals surface area contributed by atoms with Crippen LogP contribution in [-0.4, -0.2) is 26.4 Å². The fourth-order valence-corrected chi connectivity index (χ4v) is 3.73. The highest BCUT2D eigenvalue weighted by Gasteiger charge is 2.19. The lowest BCUT2D eigenvalue weighted by Crippen LogP contribution is -2.15. The van der Waals surface area contributed by atoms with Crippen LogP contribution in [0.3, 0.4) is 0 Å². The van der Waals surface area contributed by atoms with Crippen LogP contribution in [-0.2, 0) is 11.3 Å². The summed E-state index contributed by atoms with van der Waals surface area (Å²) in [7, 11) is 0. The second-order valence-corrected chi connectivity index (χ2v) is 7.60. The zero-order valence-electron chi connectivity index (χ0n) is 16.2. The third-order valence-electron chi connectivity index (χ3n) is 4.36. The molecule has 0 fully saturated rings. The zero-order chi connectivity index (χ0) is 20.9. The van der Waals surface area contributed by atoms with E-state index in [4.69, 9.17) is 4.42 Å². The Morgan fingerprint density at radius 2 is 2.00 bits per heavy atom. The number of carbonyl (C=O) groups is 1. The monoisotopic (exact) mass is 422 g/mol. The molecule has 0 aliphatic rings. The van der Waals surface area contributed by atoms with Gasteiger partial charge in [-0.15, -0.1) is 10.2 Å². The topological polar surface area (TPSA) is 73.0 Å². The summed E-state index contributed by atoms with van der Waals surface area (Å²) in [6, 6.07) is 17.6. The van der Waals surface area contributed by atoms with Gasteiger partial charge in [-0.3, -0.25) is 9.36 Å². The SMILES string of the molecule is Cc1cccc(NC(=O)CSc2nnc(-c3ccccc3F)n2Cc2ccco2)c1. The van der Waals surface area contributed by atoms with Gasteiger partial charge in [0.2, 0.25) is 5.91 Å². The molecule has 0 unspecified atom stereocenters. The van der Waals surface area contributed by atoms with Crippen molar-refractivity contribution in [1.29, 1.82) is 0 Å². The Morgan fingerprint density at radius 1 is 1.13 bits per heavy atom. The molecule has 30 heavy (non-hydrogen) atoms. The molecule has 0 saturated carbocycles. The van der Waals surface area contributed by atoms with Gasteiger partial charge < -0.3 is 9.73 Å². The number of amides is 1. The Hall–Kier alpha value is -3.39. The Balaban J connectivity index is 1.55. The number of nitrogens with zero attached hydrogens (tertiary/aromatic N) is 3. The van der Waals surface area contributed by atoms with Crippen LogP contribution < -0.4 is 5.32 Å². The quantitative estimate of drug-likeness (QED) is 0.435. The number of nitrogens with one attached hydrogen (secondary N) is 1. The van der Waals surface area contributed by atoms with Crippen molar-refractivity contribution in [3.05, 3.63) is 84.1 Å². The molecule has 152 valence electrons. The van der Waals surface area contributed by atoms with E-state index < -0.39 is 0 Å². The predicted molar refractivity (Wildman–Crippen MR) is 114 cm³/mol. The van der Waals surface area contributed by atoms with Crippen molar-refractivity contribution in [2.75, 3.05) is 11.1 Å². The minimum Gasteiger partial charge on any atom is -0.467 e. The van der Waals surface area contributed by atoms with E-state index in [1.807, 2.05) is 37.3 Å². The Morgan fingerprint density at radius 3 is 2.77 bits per heavy atom. The first kappa shape index (κ1) is 19.9. The van der Waals surface area contributed by atoms with Gasteiger partial charge in [0.25, 0.3) is 0 Å². The number of halogens is 1. The fourth-order valence-electron chi connectivity index (χ4n) is 2.99. The Labute approximate surface area is 177 Å². The zero-order valence-corrected chi connectivity index (χ0v) is 17.0. The normalized spacial score (nSPS) is 10.9. The molecule has 4 aromatic rings. The number of anilines is 1. The van der Waals surface area contributed by atoms with E-state index >= 15 is 0 Å². The van der Waals surface area contributed by atoms with Gasteiger partial charge in [0.1, 0.15) is 11.6 Å². The molecule has 1 amide bonds. The molecule has 2 heterocycles. The molecule has 0 saturated heterocycles. The second-order valence-electron chi connectivity index (χ2n) is 6.66. The molecule has 2 aromatic carbocycles. The van der Waals surface area contributed by atoms with E-state index in [2.05, 4.69) is 15.5 Å². The molecule has 6 nitrogen and oxygen atoms in total. The number of furan rings is 1. The highest BCUT2D eigenvalue weighted by molar-refractivity contribution is 7.99. The number of thioether (sulfide) groups is 1. The van der Waals surface area contributed by atoms with Gasteiger partial charge >= 0.3 is 0 Å². The van der Waals surface area contributed by atoms with Gasteiger partial charge in [0, 0.05) is 5.69 Å². The lowest BCUT2D eigenvalue weighted by molar-refractivity contribution is -0.113. The maximum atomic E-state index is 14.4. The summed E-state index contributed by atoms with van der Waals surface area (Å²) in [5, 5.41) is 11.7. The number of rotatable bonds is 7. The molecule has 0 aliphatic carbocycles. The highest BCUT2D eigenvalue weighted by atomic mass is 32.2. The number of benzene rings is 2. The number of carbonyl (C=O) groups excluding carboxylic acids is 1. The summed E-state index contributed by atoms with van der Waals surface area (Å²) in [5.41, 5.74) is 2.14. The Kier molecular flexibility index (Phi) is 5.94. The van der Waals surface area contributed by atoms with Crippen LogP contribution in [0.5, 0.6) is 0 Å². The van der Waals surface area contributed by atoms with E-state index in [9.17, 15) is 9.18 Å². The highest BCUT2D eigenvalue weighted by Crippen LogP contribution is 2.27. The standard InChI is InChI=1S/C22H19FN4O2S/c1-15-6-4-7-16(12-15)24-20(28)14-30-22-26-25-21(18-9-2-3-10-19(18)23)27(22)13-17-8-5-11-29-17/h2-12H,13-14H2,1H3,(H,24,28). The molecular formula is C22H19FN4O2S. The number of hydrogen-bond donors (Lipinski definition) is 1. The minimum absolute atomic E-state index is 0.140. The fraction of sp³-hybridized carbons (Fsp3) is 0.136. The molecule has 1 N–H and O–H groups in total. The van der Waals surface area contributed by atoms with Crippen molar-refractivity contribution in [1.82, 2.24) is 14.8 Å². The van der Waals surface area contributed by atoms with Crippen molar-refractivity contribution >= 4 is 23.4 Å². The van der Waals surface area contributed by atoms with Gasteiger partial charge in [0.15, 0.2) is 11.0 Å². The molecule has 0 radical (unpaired) electrons. The van der Waals surface area contributed by atoms with Crippen LogP contribution in [0.4, 0.5) is 10.1 Å². The van der Waals surface area contributed by atoms with Gasteiger partial charge in [-0.1, -0.05) is 36.0 Å². The molecule has 0 spiro atoms. The summed E-state index contributed by atoms with van der Waals surface area (Å²) < 4.78 is 21.5. The molecule has 0 bridgehead atoms. The molecule has 4 rings (SSSR count). The average molecular weight is 422 g/mol. The number of aryl methyl sites for hydroxylation is 1. The largest absolute Gasteiger partial charge is 0.467 e. The summed E-state index contributed by atoms with van der Waals surface area (Å²) in [6.45, 7) is 2.29. The smallest absolute Gasteiger partial charge is 0.234 e. The molecule has 2 aromatic heterocycles. The second kappa shape index (κ2) is 8.96. The minimum atomic E-state index is -0.390. The van der Waals surface area contributed by atoms with Crippen molar-refractivity contribution < 1.29 is 13.6 Å². The lowest BCUT2D eigenvalue weighted by atomic mass is 10.2.